The van der Waals surface area contributed by atoms with Crippen LogP contribution in [0.1, 0.15) is 15.9 Å². The molecular weight excluding hydrogens is 325 g/mol. The van der Waals surface area contributed by atoms with Gasteiger partial charge in [0.05, 0.1) is 5.56 Å². The van der Waals surface area contributed by atoms with Gasteiger partial charge in [-0.05, 0) is 35.9 Å². The van der Waals surface area contributed by atoms with Gasteiger partial charge in [-0.2, -0.15) is 0 Å². The number of halogens is 2. The van der Waals surface area contributed by atoms with E-state index in [4.69, 9.17) is 5.11 Å². The molecule has 0 aliphatic heterocycles. The highest BCUT2D eigenvalue weighted by Gasteiger charge is 2.09. The van der Waals surface area contributed by atoms with Crippen molar-refractivity contribution in [1.82, 2.24) is 0 Å². The van der Waals surface area contributed by atoms with Gasteiger partial charge in [-0.1, -0.05) is 28.1 Å². The molecule has 0 aliphatic carbocycles. The standard InChI is InChI=1S/C15H13BrFNO2/c1-18(13-4-2-3-12(17)8-13)9-11-6-5-10(15(19)20)7-14(11)16/h2-8H,9H2,1H3,(H,19,20). The highest BCUT2D eigenvalue weighted by atomic mass is 79.9. The van der Waals surface area contributed by atoms with Crippen molar-refractivity contribution in [3.05, 3.63) is 63.9 Å². The van der Waals surface area contributed by atoms with Crippen LogP contribution in [0, 0.1) is 5.82 Å². The lowest BCUT2D eigenvalue weighted by molar-refractivity contribution is 0.0697. The molecule has 2 aromatic carbocycles. The van der Waals surface area contributed by atoms with Crippen LogP contribution >= 0.6 is 15.9 Å². The average molecular weight is 338 g/mol. The zero-order valence-corrected chi connectivity index (χ0v) is 12.4. The van der Waals surface area contributed by atoms with Crippen molar-refractivity contribution in [1.29, 1.82) is 0 Å². The predicted octanol–water partition coefficient (Wildman–Crippen LogP) is 3.92. The number of anilines is 1. The van der Waals surface area contributed by atoms with Crippen molar-refractivity contribution in [2.75, 3.05) is 11.9 Å². The second-order valence-electron chi connectivity index (χ2n) is 4.45. The normalized spacial score (nSPS) is 10.3. The van der Waals surface area contributed by atoms with E-state index in [1.165, 1.54) is 12.1 Å². The number of hydrogen-bond acceptors (Lipinski definition) is 2. The Bertz CT molecular complexity index is 646. The average Bonchev–Trinajstić information content (AvgIpc) is 2.40. The number of carboxylic acids is 1. The molecule has 104 valence electrons. The molecule has 0 amide bonds. The highest BCUT2D eigenvalue weighted by Crippen LogP contribution is 2.23. The van der Waals surface area contributed by atoms with Gasteiger partial charge in [-0.15, -0.1) is 0 Å². The molecule has 0 atom stereocenters. The summed E-state index contributed by atoms with van der Waals surface area (Å²) >= 11 is 3.37. The Morgan fingerprint density at radius 1 is 1.30 bits per heavy atom. The Morgan fingerprint density at radius 2 is 2.05 bits per heavy atom. The molecule has 0 bridgehead atoms. The van der Waals surface area contributed by atoms with Crippen molar-refractivity contribution in [2.24, 2.45) is 0 Å². The topological polar surface area (TPSA) is 40.5 Å². The number of rotatable bonds is 4. The van der Waals surface area contributed by atoms with Gasteiger partial charge in [0.2, 0.25) is 0 Å². The van der Waals surface area contributed by atoms with Crippen molar-refractivity contribution in [3.63, 3.8) is 0 Å². The van der Waals surface area contributed by atoms with Gasteiger partial charge < -0.3 is 10.0 Å². The molecule has 3 nitrogen and oxygen atoms in total. The van der Waals surface area contributed by atoms with E-state index in [2.05, 4.69) is 15.9 Å². The second kappa shape index (κ2) is 6.05. The fraction of sp³-hybridized carbons (Fsp3) is 0.133. The van der Waals surface area contributed by atoms with Crippen molar-refractivity contribution in [3.8, 4) is 0 Å². The molecule has 20 heavy (non-hydrogen) atoms. The van der Waals surface area contributed by atoms with E-state index in [0.29, 0.717) is 6.54 Å². The molecule has 0 saturated carbocycles. The zero-order chi connectivity index (χ0) is 14.7. The third kappa shape index (κ3) is 3.36. The number of benzene rings is 2. The van der Waals surface area contributed by atoms with Crippen LogP contribution in [0.4, 0.5) is 10.1 Å². The first-order valence-electron chi connectivity index (χ1n) is 5.96. The summed E-state index contributed by atoms with van der Waals surface area (Å²) in [5.74, 6) is -1.25. The summed E-state index contributed by atoms with van der Waals surface area (Å²) < 4.78 is 13.9. The lowest BCUT2D eigenvalue weighted by Gasteiger charge is -2.20. The first kappa shape index (κ1) is 14.5. The molecule has 1 N–H and O–H groups in total. The molecule has 0 unspecified atom stereocenters. The van der Waals surface area contributed by atoms with Crippen molar-refractivity contribution >= 4 is 27.6 Å². The third-order valence-corrected chi connectivity index (χ3v) is 3.69. The molecule has 0 radical (unpaired) electrons. The van der Waals surface area contributed by atoms with Crippen LogP contribution < -0.4 is 4.90 Å². The fourth-order valence-electron chi connectivity index (χ4n) is 1.87. The summed E-state index contributed by atoms with van der Waals surface area (Å²) in [6, 6.07) is 11.2. The summed E-state index contributed by atoms with van der Waals surface area (Å²) in [5.41, 5.74) is 1.93. The van der Waals surface area contributed by atoms with Crippen LogP contribution in [0.3, 0.4) is 0 Å². The minimum absolute atomic E-state index is 0.231. The fourth-order valence-corrected chi connectivity index (χ4v) is 2.37. The SMILES string of the molecule is CN(Cc1ccc(C(=O)O)cc1Br)c1cccc(F)c1. The molecule has 2 aromatic rings. The molecule has 0 heterocycles. The number of aromatic carboxylic acids is 1. The third-order valence-electron chi connectivity index (χ3n) is 2.96. The van der Waals surface area contributed by atoms with Crippen LogP contribution in [0.5, 0.6) is 0 Å². The lowest BCUT2D eigenvalue weighted by atomic mass is 10.1. The maximum absolute atomic E-state index is 13.2. The van der Waals surface area contributed by atoms with E-state index in [1.807, 2.05) is 18.0 Å². The van der Waals surface area contributed by atoms with Gasteiger partial charge in [-0.3, -0.25) is 0 Å². The Kier molecular flexibility index (Phi) is 4.39. The smallest absolute Gasteiger partial charge is 0.335 e. The van der Waals surface area contributed by atoms with Crippen LogP contribution in [0.2, 0.25) is 0 Å². The summed E-state index contributed by atoms with van der Waals surface area (Å²) in [5, 5.41) is 8.92. The summed E-state index contributed by atoms with van der Waals surface area (Å²) in [7, 11) is 1.85. The Labute approximate surface area is 124 Å². The molecule has 2 rings (SSSR count). The quantitative estimate of drug-likeness (QED) is 0.919. The van der Waals surface area contributed by atoms with Crippen molar-refractivity contribution < 1.29 is 14.3 Å². The Hall–Kier alpha value is -1.88. The first-order chi connectivity index (χ1) is 9.47. The number of carboxylic acid groups (broad SMARTS) is 1. The van der Waals surface area contributed by atoms with Gasteiger partial charge in [0.1, 0.15) is 5.82 Å². The monoisotopic (exact) mass is 337 g/mol. The maximum Gasteiger partial charge on any atom is 0.335 e. The number of hydrogen-bond donors (Lipinski definition) is 1. The molecule has 0 saturated heterocycles. The Morgan fingerprint density at radius 3 is 2.65 bits per heavy atom. The van der Waals surface area contributed by atoms with Crippen LogP contribution in [-0.4, -0.2) is 18.1 Å². The first-order valence-corrected chi connectivity index (χ1v) is 6.75. The van der Waals surface area contributed by atoms with E-state index < -0.39 is 5.97 Å². The molecule has 0 aliphatic rings. The summed E-state index contributed by atoms with van der Waals surface area (Å²) in [6.45, 7) is 0.546. The maximum atomic E-state index is 13.2. The van der Waals surface area contributed by atoms with E-state index in [-0.39, 0.29) is 11.4 Å². The second-order valence-corrected chi connectivity index (χ2v) is 5.30. The largest absolute Gasteiger partial charge is 0.478 e. The van der Waals surface area contributed by atoms with Gasteiger partial charge in [0.25, 0.3) is 0 Å². The number of carbonyl (C=O) groups is 1. The molecule has 0 spiro atoms. The predicted molar refractivity (Wildman–Crippen MR) is 79.6 cm³/mol. The van der Waals surface area contributed by atoms with Gasteiger partial charge in [0, 0.05) is 23.8 Å². The van der Waals surface area contributed by atoms with E-state index in [9.17, 15) is 9.18 Å². The highest BCUT2D eigenvalue weighted by molar-refractivity contribution is 9.10. The van der Waals surface area contributed by atoms with Crippen molar-refractivity contribution in [2.45, 2.75) is 6.54 Å². The van der Waals surface area contributed by atoms with Crippen LogP contribution in [0.25, 0.3) is 0 Å². The summed E-state index contributed by atoms with van der Waals surface area (Å²) in [4.78, 5) is 12.8. The lowest BCUT2D eigenvalue weighted by Crippen LogP contribution is -2.17. The van der Waals surface area contributed by atoms with Crippen LogP contribution in [-0.2, 0) is 6.54 Å². The van der Waals surface area contributed by atoms with E-state index in [0.717, 1.165) is 15.7 Å². The molecule has 0 fully saturated rings. The molecule has 5 heteroatoms. The van der Waals surface area contributed by atoms with E-state index in [1.54, 1.807) is 24.3 Å². The van der Waals surface area contributed by atoms with E-state index >= 15 is 0 Å². The van der Waals surface area contributed by atoms with Gasteiger partial charge in [0.15, 0.2) is 0 Å². The molecular formula is C15H13BrFNO2. The zero-order valence-electron chi connectivity index (χ0n) is 10.8. The van der Waals surface area contributed by atoms with Gasteiger partial charge >= 0.3 is 5.97 Å². The minimum atomic E-state index is -0.962. The van der Waals surface area contributed by atoms with Crippen LogP contribution in [0.15, 0.2) is 46.9 Å². The van der Waals surface area contributed by atoms with Gasteiger partial charge in [-0.25, -0.2) is 9.18 Å². The summed E-state index contributed by atoms with van der Waals surface area (Å²) in [6.07, 6.45) is 0. The Balaban J connectivity index is 2.19. The number of nitrogens with zero attached hydrogens (tertiary/aromatic N) is 1. The molecule has 0 aromatic heterocycles. The minimum Gasteiger partial charge on any atom is -0.478 e.